The third-order valence-corrected chi connectivity index (χ3v) is 3.69. The van der Waals surface area contributed by atoms with E-state index >= 15 is 0 Å². The summed E-state index contributed by atoms with van der Waals surface area (Å²) in [6.45, 7) is 4.97. The summed E-state index contributed by atoms with van der Waals surface area (Å²) in [5, 5.41) is 0. The highest BCUT2D eigenvalue weighted by Gasteiger charge is 2.31. The number of likely N-dealkylation sites (tertiary alicyclic amines) is 1. The monoisotopic (exact) mass is 254 g/mol. The van der Waals surface area contributed by atoms with Gasteiger partial charge in [-0.05, 0) is 32.8 Å². The van der Waals surface area contributed by atoms with Crippen molar-refractivity contribution >= 4 is 0 Å². The van der Waals surface area contributed by atoms with Gasteiger partial charge in [-0.25, -0.2) is 8.78 Å². The number of benzene rings is 1. The zero-order valence-corrected chi connectivity index (χ0v) is 10.9. The predicted octanol–water partition coefficient (Wildman–Crippen LogP) is 2.84. The Morgan fingerprint density at radius 3 is 2.72 bits per heavy atom. The molecule has 0 radical (unpaired) electrons. The Morgan fingerprint density at radius 1 is 1.33 bits per heavy atom. The molecule has 2 rings (SSSR count). The van der Waals surface area contributed by atoms with E-state index in [4.69, 9.17) is 5.73 Å². The molecule has 0 aliphatic carbocycles. The Bertz CT molecular complexity index is 420. The Kier molecular flexibility index (Phi) is 3.97. The van der Waals surface area contributed by atoms with Crippen LogP contribution in [-0.2, 0) is 0 Å². The van der Waals surface area contributed by atoms with Gasteiger partial charge in [0.25, 0.3) is 0 Å². The first-order valence-electron chi connectivity index (χ1n) is 6.46. The lowest BCUT2D eigenvalue weighted by atomic mass is 9.91. The first-order valence-corrected chi connectivity index (χ1v) is 6.46. The fourth-order valence-corrected chi connectivity index (χ4v) is 2.71. The molecular formula is C14H20F2N2. The van der Waals surface area contributed by atoms with Gasteiger partial charge < -0.3 is 5.73 Å². The molecule has 1 aliphatic rings. The van der Waals surface area contributed by atoms with Crippen molar-refractivity contribution in [2.45, 2.75) is 44.8 Å². The van der Waals surface area contributed by atoms with Crippen LogP contribution in [-0.4, -0.2) is 23.5 Å². The molecule has 1 aromatic rings. The molecule has 1 saturated heterocycles. The van der Waals surface area contributed by atoms with E-state index in [9.17, 15) is 8.78 Å². The highest BCUT2D eigenvalue weighted by atomic mass is 19.2. The minimum absolute atomic E-state index is 0.0627. The minimum atomic E-state index is -0.782. The summed E-state index contributed by atoms with van der Waals surface area (Å²) >= 11 is 0. The molecule has 1 heterocycles. The van der Waals surface area contributed by atoms with E-state index in [1.165, 1.54) is 0 Å². The second-order valence-electron chi connectivity index (χ2n) is 5.27. The van der Waals surface area contributed by atoms with E-state index in [1.807, 2.05) is 0 Å². The van der Waals surface area contributed by atoms with E-state index in [1.54, 1.807) is 12.1 Å². The van der Waals surface area contributed by atoms with Crippen molar-refractivity contribution in [2.75, 3.05) is 6.54 Å². The molecule has 100 valence electrons. The maximum absolute atomic E-state index is 13.9. The van der Waals surface area contributed by atoms with E-state index < -0.39 is 11.6 Å². The average Bonchev–Trinajstić information content (AvgIpc) is 2.32. The fraction of sp³-hybridized carbons (Fsp3) is 0.571. The maximum Gasteiger partial charge on any atom is 0.163 e. The van der Waals surface area contributed by atoms with E-state index in [0.29, 0.717) is 18.0 Å². The Morgan fingerprint density at radius 2 is 2.06 bits per heavy atom. The van der Waals surface area contributed by atoms with Crippen molar-refractivity contribution in [3.8, 4) is 0 Å². The van der Waals surface area contributed by atoms with Crippen LogP contribution in [0.3, 0.4) is 0 Å². The van der Waals surface area contributed by atoms with Crippen LogP contribution in [0.15, 0.2) is 18.2 Å². The molecule has 0 aromatic heterocycles. The van der Waals surface area contributed by atoms with Gasteiger partial charge in [-0.2, -0.15) is 0 Å². The van der Waals surface area contributed by atoms with Gasteiger partial charge in [0.05, 0.1) is 0 Å². The number of nitrogens with two attached hydrogens (primary N) is 1. The van der Waals surface area contributed by atoms with Gasteiger partial charge in [-0.15, -0.1) is 0 Å². The van der Waals surface area contributed by atoms with Gasteiger partial charge in [-0.3, -0.25) is 4.90 Å². The zero-order valence-electron chi connectivity index (χ0n) is 10.9. The van der Waals surface area contributed by atoms with Gasteiger partial charge in [0, 0.05) is 30.2 Å². The summed E-state index contributed by atoms with van der Waals surface area (Å²) in [7, 11) is 0. The predicted molar refractivity (Wildman–Crippen MR) is 68.2 cm³/mol. The maximum atomic E-state index is 13.9. The highest BCUT2D eigenvalue weighted by Crippen LogP contribution is 2.33. The molecule has 1 fully saturated rings. The lowest BCUT2D eigenvalue weighted by Crippen LogP contribution is -2.45. The average molecular weight is 254 g/mol. The Labute approximate surface area is 107 Å². The molecule has 2 N–H and O–H groups in total. The van der Waals surface area contributed by atoms with Crippen molar-refractivity contribution in [3.63, 3.8) is 0 Å². The SMILES string of the molecule is CC(C)N1CCC(N)C[C@H]1c1cccc(F)c1F. The third-order valence-electron chi connectivity index (χ3n) is 3.69. The summed E-state index contributed by atoms with van der Waals surface area (Å²) in [6, 6.07) is 4.62. The molecule has 2 atom stereocenters. The van der Waals surface area contributed by atoms with Gasteiger partial charge >= 0.3 is 0 Å². The first kappa shape index (κ1) is 13.4. The van der Waals surface area contributed by atoms with Crippen LogP contribution in [0.2, 0.25) is 0 Å². The van der Waals surface area contributed by atoms with Crippen molar-refractivity contribution < 1.29 is 8.78 Å². The molecule has 2 nitrogen and oxygen atoms in total. The first-order chi connectivity index (χ1) is 8.50. The highest BCUT2D eigenvalue weighted by molar-refractivity contribution is 5.23. The number of piperidine rings is 1. The lowest BCUT2D eigenvalue weighted by molar-refractivity contribution is 0.0985. The van der Waals surface area contributed by atoms with Gasteiger partial charge in [0.1, 0.15) is 0 Å². The molecule has 18 heavy (non-hydrogen) atoms. The molecule has 1 unspecified atom stereocenters. The van der Waals surface area contributed by atoms with Crippen molar-refractivity contribution in [3.05, 3.63) is 35.4 Å². The Balaban J connectivity index is 2.35. The largest absolute Gasteiger partial charge is 0.328 e. The zero-order chi connectivity index (χ0) is 13.3. The lowest BCUT2D eigenvalue weighted by Gasteiger charge is -2.41. The number of rotatable bonds is 2. The van der Waals surface area contributed by atoms with Gasteiger partial charge in [0.15, 0.2) is 11.6 Å². The molecule has 0 bridgehead atoms. The van der Waals surface area contributed by atoms with Crippen LogP contribution >= 0.6 is 0 Å². The molecule has 0 saturated carbocycles. The Hall–Kier alpha value is -1.00. The van der Waals surface area contributed by atoms with E-state index in [-0.39, 0.29) is 12.1 Å². The number of halogens is 2. The smallest absolute Gasteiger partial charge is 0.163 e. The summed E-state index contributed by atoms with van der Waals surface area (Å²) in [6.07, 6.45) is 1.59. The summed E-state index contributed by atoms with van der Waals surface area (Å²) in [4.78, 5) is 2.20. The third kappa shape index (κ3) is 2.54. The summed E-state index contributed by atoms with van der Waals surface area (Å²) in [5.41, 5.74) is 6.40. The van der Waals surface area contributed by atoms with Crippen molar-refractivity contribution in [1.82, 2.24) is 4.90 Å². The van der Waals surface area contributed by atoms with E-state index in [2.05, 4.69) is 18.7 Å². The molecule has 0 spiro atoms. The van der Waals surface area contributed by atoms with E-state index in [0.717, 1.165) is 19.0 Å². The van der Waals surface area contributed by atoms with Gasteiger partial charge in [0.2, 0.25) is 0 Å². The van der Waals surface area contributed by atoms with Crippen molar-refractivity contribution in [1.29, 1.82) is 0 Å². The molecule has 0 amide bonds. The van der Waals surface area contributed by atoms with Crippen LogP contribution in [0.1, 0.15) is 38.3 Å². The second kappa shape index (κ2) is 5.33. The van der Waals surface area contributed by atoms with Crippen molar-refractivity contribution in [2.24, 2.45) is 5.73 Å². The number of hydrogen-bond donors (Lipinski definition) is 1. The van der Waals surface area contributed by atoms with Crippen LogP contribution < -0.4 is 5.73 Å². The van der Waals surface area contributed by atoms with Crippen LogP contribution in [0.4, 0.5) is 8.78 Å². The molecule has 4 heteroatoms. The second-order valence-corrected chi connectivity index (χ2v) is 5.27. The molecule has 1 aliphatic heterocycles. The normalized spacial score (nSPS) is 25.7. The summed E-state index contributed by atoms with van der Waals surface area (Å²) in [5.74, 6) is -1.52. The fourth-order valence-electron chi connectivity index (χ4n) is 2.71. The number of nitrogens with zero attached hydrogens (tertiary/aromatic N) is 1. The quantitative estimate of drug-likeness (QED) is 0.879. The van der Waals surface area contributed by atoms with Crippen LogP contribution in [0.5, 0.6) is 0 Å². The van der Waals surface area contributed by atoms with Crippen LogP contribution in [0.25, 0.3) is 0 Å². The minimum Gasteiger partial charge on any atom is -0.328 e. The molecule has 1 aromatic carbocycles. The van der Waals surface area contributed by atoms with Gasteiger partial charge in [-0.1, -0.05) is 12.1 Å². The van der Waals surface area contributed by atoms with Crippen LogP contribution in [0, 0.1) is 11.6 Å². The standard InChI is InChI=1S/C14H20F2N2/c1-9(2)18-7-6-10(17)8-13(18)11-4-3-5-12(15)14(11)16/h3-5,9-10,13H,6-8,17H2,1-2H3/t10?,13-/m0/s1. The number of hydrogen-bond acceptors (Lipinski definition) is 2. The topological polar surface area (TPSA) is 29.3 Å². The molecular weight excluding hydrogens is 234 g/mol. The summed E-state index contributed by atoms with van der Waals surface area (Å²) < 4.78 is 27.2.